The summed E-state index contributed by atoms with van der Waals surface area (Å²) in [5, 5.41) is 8.87. The van der Waals surface area contributed by atoms with Crippen LogP contribution >= 0.6 is 0 Å². The summed E-state index contributed by atoms with van der Waals surface area (Å²) >= 11 is 0. The zero-order chi connectivity index (χ0) is 12.1. The number of methoxy groups -OCH3 is 2. The highest BCUT2D eigenvalue weighted by atomic mass is 19.1. The maximum Gasteiger partial charge on any atom is 0.145 e. The molecule has 0 saturated heterocycles. The van der Waals surface area contributed by atoms with Crippen molar-refractivity contribution in [3.63, 3.8) is 0 Å². The van der Waals surface area contributed by atoms with E-state index in [0.717, 1.165) is 6.42 Å². The van der Waals surface area contributed by atoms with Crippen LogP contribution in [-0.4, -0.2) is 14.2 Å². The van der Waals surface area contributed by atoms with Crippen LogP contribution in [0.5, 0.6) is 5.75 Å². The molecule has 1 aromatic rings. The Kier molecular flexibility index (Phi) is 4.27. The molecule has 0 heterocycles. The van der Waals surface area contributed by atoms with Crippen molar-refractivity contribution in [3.05, 3.63) is 29.1 Å². The summed E-state index contributed by atoms with van der Waals surface area (Å²) in [7, 11) is 2.99. The van der Waals surface area contributed by atoms with Gasteiger partial charge in [-0.1, -0.05) is 6.92 Å². The molecule has 0 fully saturated rings. The number of rotatable bonds is 4. The molecule has 0 aromatic heterocycles. The molecule has 1 atom stereocenters. The second-order valence-corrected chi connectivity index (χ2v) is 3.29. The van der Waals surface area contributed by atoms with Gasteiger partial charge in [0, 0.05) is 12.7 Å². The molecule has 3 nitrogen and oxygen atoms in total. The van der Waals surface area contributed by atoms with Crippen molar-refractivity contribution in [2.45, 2.75) is 19.4 Å². The van der Waals surface area contributed by atoms with E-state index in [2.05, 4.69) is 0 Å². The van der Waals surface area contributed by atoms with Crippen LogP contribution in [0, 0.1) is 17.1 Å². The molecule has 4 heteroatoms. The molecule has 0 aliphatic rings. The molecule has 0 N–H and O–H groups in total. The molecule has 1 aromatic carbocycles. The smallest absolute Gasteiger partial charge is 0.145 e. The fraction of sp³-hybridized carbons (Fsp3) is 0.417. The van der Waals surface area contributed by atoms with Crippen molar-refractivity contribution in [3.8, 4) is 11.8 Å². The van der Waals surface area contributed by atoms with Crippen LogP contribution < -0.4 is 4.74 Å². The first-order valence-electron chi connectivity index (χ1n) is 4.98. The fourth-order valence-corrected chi connectivity index (χ4v) is 1.67. The number of hydrogen-bond acceptors (Lipinski definition) is 3. The third kappa shape index (κ3) is 2.15. The van der Waals surface area contributed by atoms with Crippen molar-refractivity contribution in [1.29, 1.82) is 5.26 Å². The third-order valence-electron chi connectivity index (χ3n) is 2.46. The SMILES string of the molecule is CCC(OC)c1ccc(F)c(C#N)c1OC. The largest absolute Gasteiger partial charge is 0.495 e. The summed E-state index contributed by atoms with van der Waals surface area (Å²) in [5.41, 5.74) is 0.626. The Morgan fingerprint density at radius 1 is 1.44 bits per heavy atom. The summed E-state index contributed by atoms with van der Waals surface area (Å²) in [6.45, 7) is 1.95. The molecule has 0 bridgehead atoms. The van der Waals surface area contributed by atoms with Gasteiger partial charge in [0.05, 0.1) is 13.2 Å². The highest BCUT2D eigenvalue weighted by Gasteiger charge is 2.19. The van der Waals surface area contributed by atoms with Crippen LogP contribution in [0.4, 0.5) is 4.39 Å². The van der Waals surface area contributed by atoms with Gasteiger partial charge >= 0.3 is 0 Å². The van der Waals surface area contributed by atoms with Crippen molar-refractivity contribution in [1.82, 2.24) is 0 Å². The summed E-state index contributed by atoms with van der Waals surface area (Å²) in [6, 6.07) is 4.65. The number of nitrogens with zero attached hydrogens (tertiary/aromatic N) is 1. The Labute approximate surface area is 94.4 Å². The van der Waals surface area contributed by atoms with Gasteiger partial charge in [-0.05, 0) is 18.6 Å². The van der Waals surface area contributed by atoms with Crippen LogP contribution in [0.15, 0.2) is 12.1 Å². The van der Waals surface area contributed by atoms with Crippen molar-refractivity contribution in [2.75, 3.05) is 14.2 Å². The second kappa shape index (κ2) is 5.47. The van der Waals surface area contributed by atoms with Gasteiger partial charge in [-0.3, -0.25) is 0 Å². The second-order valence-electron chi connectivity index (χ2n) is 3.29. The molecule has 0 radical (unpaired) electrons. The zero-order valence-corrected chi connectivity index (χ0v) is 9.58. The number of benzene rings is 1. The Bertz CT molecular complexity index is 408. The van der Waals surface area contributed by atoms with Gasteiger partial charge in [0.15, 0.2) is 0 Å². The van der Waals surface area contributed by atoms with E-state index in [1.807, 2.05) is 6.92 Å². The molecule has 16 heavy (non-hydrogen) atoms. The molecule has 86 valence electrons. The summed E-state index contributed by atoms with van der Waals surface area (Å²) < 4.78 is 23.7. The lowest BCUT2D eigenvalue weighted by molar-refractivity contribution is 0.0975. The highest BCUT2D eigenvalue weighted by molar-refractivity contribution is 5.50. The zero-order valence-electron chi connectivity index (χ0n) is 9.58. The van der Waals surface area contributed by atoms with E-state index in [1.54, 1.807) is 19.2 Å². The molecule has 0 aliphatic carbocycles. The molecule has 0 saturated carbocycles. The fourth-order valence-electron chi connectivity index (χ4n) is 1.67. The van der Waals surface area contributed by atoms with Gasteiger partial charge in [0.25, 0.3) is 0 Å². The summed E-state index contributed by atoms with van der Waals surface area (Å²) in [5.74, 6) is -0.315. The average Bonchev–Trinajstić information content (AvgIpc) is 2.31. The Balaban J connectivity index is 3.36. The Morgan fingerprint density at radius 2 is 2.12 bits per heavy atom. The first-order chi connectivity index (χ1) is 7.69. The van der Waals surface area contributed by atoms with Gasteiger partial charge < -0.3 is 9.47 Å². The van der Waals surface area contributed by atoms with E-state index in [1.165, 1.54) is 13.2 Å². The summed E-state index contributed by atoms with van der Waals surface area (Å²) in [4.78, 5) is 0. The van der Waals surface area contributed by atoms with Crippen molar-refractivity contribution < 1.29 is 13.9 Å². The van der Waals surface area contributed by atoms with Crippen molar-refractivity contribution >= 4 is 0 Å². The van der Waals surface area contributed by atoms with Gasteiger partial charge in [0.1, 0.15) is 23.2 Å². The van der Waals surface area contributed by atoms with Crippen LogP contribution in [-0.2, 0) is 4.74 Å². The number of hydrogen-bond donors (Lipinski definition) is 0. The molecule has 1 rings (SSSR count). The number of nitriles is 1. The van der Waals surface area contributed by atoms with Crippen molar-refractivity contribution in [2.24, 2.45) is 0 Å². The first-order valence-corrected chi connectivity index (χ1v) is 4.98. The molecular formula is C12H14FNO2. The molecule has 0 spiro atoms. The van der Waals surface area contributed by atoms with E-state index in [9.17, 15) is 4.39 Å². The third-order valence-corrected chi connectivity index (χ3v) is 2.46. The van der Waals surface area contributed by atoms with E-state index in [4.69, 9.17) is 14.7 Å². The topological polar surface area (TPSA) is 42.2 Å². The Hall–Kier alpha value is -1.60. The standard InChI is InChI=1S/C12H14FNO2/c1-4-11(15-2)8-5-6-10(13)9(7-14)12(8)16-3/h5-6,11H,4H2,1-3H3. The molecule has 0 amide bonds. The normalized spacial score (nSPS) is 11.9. The first kappa shape index (κ1) is 12.5. The van der Waals surface area contributed by atoms with Gasteiger partial charge in [0.2, 0.25) is 0 Å². The average molecular weight is 223 g/mol. The maximum atomic E-state index is 13.3. The van der Waals surface area contributed by atoms with Gasteiger partial charge in [-0.25, -0.2) is 4.39 Å². The minimum atomic E-state index is -0.575. The predicted molar refractivity (Wildman–Crippen MR) is 57.7 cm³/mol. The summed E-state index contributed by atoms with van der Waals surface area (Å²) in [6.07, 6.45) is 0.534. The minimum absolute atomic E-state index is 0.0736. The number of halogens is 1. The van der Waals surface area contributed by atoms with Gasteiger partial charge in [-0.2, -0.15) is 5.26 Å². The predicted octanol–water partition coefficient (Wildman–Crippen LogP) is 2.80. The molecule has 0 aliphatic heterocycles. The van der Waals surface area contributed by atoms with E-state index >= 15 is 0 Å². The monoisotopic (exact) mass is 223 g/mol. The van der Waals surface area contributed by atoms with Crippen LogP contribution in [0.25, 0.3) is 0 Å². The van der Waals surface area contributed by atoms with E-state index in [0.29, 0.717) is 5.56 Å². The van der Waals surface area contributed by atoms with E-state index < -0.39 is 5.82 Å². The highest BCUT2D eigenvalue weighted by Crippen LogP contribution is 2.33. The molecule has 1 unspecified atom stereocenters. The lowest BCUT2D eigenvalue weighted by Gasteiger charge is -2.17. The lowest BCUT2D eigenvalue weighted by Crippen LogP contribution is -2.05. The lowest BCUT2D eigenvalue weighted by atomic mass is 10.0. The Morgan fingerprint density at radius 3 is 2.56 bits per heavy atom. The quantitative estimate of drug-likeness (QED) is 0.788. The minimum Gasteiger partial charge on any atom is -0.495 e. The maximum absolute atomic E-state index is 13.3. The van der Waals surface area contributed by atoms with Crippen LogP contribution in [0.2, 0.25) is 0 Å². The van der Waals surface area contributed by atoms with E-state index in [-0.39, 0.29) is 17.4 Å². The number of ether oxygens (including phenoxy) is 2. The van der Waals surface area contributed by atoms with Gasteiger partial charge in [-0.15, -0.1) is 0 Å². The molecular weight excluding hydrogens is 209 g/mol. The van der Waals surface area contributed by atoms with Crippen LogP contribution in [0.3, 0.4) is 0 Å². The van der Waals surface area contributed by atoms with Crippen LogP contribution in [0.1, 0.15) is 30.6 Å².